The standard InChI is InChI=1S/C22H25N3O3/c1-16(2)25-13-12-24(21(27)22(25)28)15-18-8-10-19(11-9-18)20(26)23-14-17-6-4-3-5-7-17/h3-11,16H,12-15H2,1-2H3,(H,23,26). The molecule has 2 aromatic rings. The fourth-order valence-electron chi connectivity index (χ4n) is 3.20. The molecule has 3 rings (SSSR count). The van der Waals surface area contributed by atoms with Crippen LogP contribution in [0.4, 0.5) is 0 Å². The van der Waals surface area contributed by atoms with Crippen LogP contribution < -0.4 is 5.32 Å². The highest BCUT2D eigenvalue weighted by Gasteiger charge is 2.33. The molecular formula is C22H25N3O3. The molecule has 1 aliphatic heterocycles. The maximum Gasteiger partial charge on any atom is 0.312 e. The maximum absolute atomic E-state index is 12.3. The predicted octanol–water partition coefficient (Wildman–Crippen LogP) is 2.20. The Morgan fingerprint density at radius 1 is 0.929 bits per heavy atom. The van der Waals surface area contributed by atoms with Crippen LogP contribution in [-0.2, 0) is 22.7 Å². The van der Waals surface area contributed by atoms with Crippen LogP contribution in [0.5, 0.6) is 0 Å². The Balaban J connectivity index is 1.56. The van der Waals surface area contributed by atoms with Crippen molar-refractivity contribution >= 4 is 17.7 Å². The Bertz CT molecular complexity index is 847. The van der Waals surface area contributed by atoms with E-state index < -0.39 is 11.8 Å². The molecule has 6 nitrogen and oxygen atoms in total. The highest BCUT2D eigenvalue weighted by atomic mass is 16.2. The van der Waals surface area contributed by atoms with Crippen molar-refractivity contribution in [3.8, 4) is 0 Å². The first-order chi connectivity index (χ1) is 13.5. The van der Waals surface area contributed by atoms with E-state index in [-0.39, 0.29) is 11.9 Å². The van der Waals surface area contributed by atoms with Gasteiger partial charge in [-0.2, -0.15) is 0 Å². The van der Waals surface area contributed by atoms with Gasteiger partial charge in [-0.25, -0.2) is 0 Å². The summed E-state index contributed by atoms with van der Waals surface area (Å²) < 4.78 is 0. The van der Waals surface area contributed by atoms with Gasteiger partial charge in [0.1, 0.15) is 0 Å². The lowest BCUT2D eigenvalue weighted by Crippen LogP contribution is -2.55. The first-order valence-corrected chi connectivity index (χ1v) is 9.46. The van der Waals surface area contributed by atoms with Crippen LogP contribution in [0.25, 0.3) is 0 Å². The molecule has 0 saturated carbocycles. The van der Waals surface area contributed by atoms with Gasteiger partial charge in [0, 0.05) is 37.8 Å². The molecule has 0 radical (unpaired) electrons. The summed E-state index contributed by atoms with van der Waals surface area (Å²) in [6.45, 7) is 5.70. The fraction of sp³-hybridized carbons (Fsp3) is 0.318. The Hall–Kier alpha value is -3.15. The van der Waals surface area contributed by atoms with Crippen molar-refractivity contribution in [1.29, 1.82) is 0 Å². The lowest BCUT2D eigenvalue weighted by atomic mass is 10.1. The maximum atomic E-state index is 12.3. The monoisotopic (exact) mass is 379 g/mol. The van der Waals surface area contributed by atoms with Gasteiger partial charge in [0.2, 0.25) is 0 Å². The first kappa shape index (κ1) is 19.6. The number of hydrogen-bond donors (Lipinski definition) is 1. The number of carbonyl (C=O) groups is 3. The van der Waals surface area contributed by atoms with Gasteiger partial charge in [-0.3, -0.25) is 14.4 Å². The van der Waals surface area contributed by atoms with Crippen molar-refractivity contribution in [3.63, 3.8) is 0 Å². The molecule has 0 aromatic heterocycles. The number of nitrogens with one attached hydrogen (secondary N) is 1. The quantitative estimate of drug-likeness (QED) is 0.783. The van der Waals surface area contributed by atoms with E-state index in [0.717, 1.165) is 11.1 Å². The van der Waals surface area contributed by atoms with Crippen LogP contribution >= 0.6 is 0 Å². The molecule has 1 heterocycles. The number of rotatable bonds is 6. The molecule has 1 fully saturated rings. The molecule has 0 aliphatic carbocycles. The van der Waals surface area contributed by atoms with E-state index >= 15 is 0 Å². The van der Waals surface area contributed by atoms with Crippen molar-refractivity contribution < 1.29 is 14.4 Å². The topological polar surface area (TPSA) is 69.7 Å². The van der Waals surface area contributed by atoms with E-state index in [1.165, 1.54) is 0 Å². The fourth-order valence-corrected chi connectivity index (χ4v) is 3.20. The van der Waals surface area contributed by atoms with Gasteiger partial charge in [-0.15, -0.1) is 0 Å². The van der Waals surface area contributed by atoms with Crippen LogP contribution in [0.15, 0.2) is 54.6 Å². The van der Waals surface area contributed by atoms with Crippen LogP contribution in [0.1, 0.15) is 35.3 Å². The number of amides is 3. The molecule has 3 amide bonds. The number of carbonyl (C=O) groups excluding carboxylic acids is 3. The van der Waals surface area contributed by atoms with Gasteiger partial charge >= 0.3 is 11.8 Å². The smallest absolute Gasteiger partial charge is 0.312 e. The zero-order valence-electron chi connectivity index (χ0n) is 16.2. The summed E-state index contributed by atoms with van der Waals surface area (Å²) in [6, 6.07) is 16.9. The second-order valence-corrected chi connectivity index (χ2v) is 7.18. The molecular weight excluding hydrogens is 354 g/mol. The van der Waals surface area contributed by atoms with Gasteiger partial charge < -0.3 is 15.1 Å². The summed E-state index contributed by atoms with van der Waals surface area (Å²) in [4.78, 5) is 39.9. The summed E-state index contributed by atoms with van der Waals surface area (Å²) in [5, 5.41) is 2.89. The Morgan fingerprint density at radius 2 is 1.61 bits per heavy atom. The molecule has 6 heteroatoms. The third kappa shape index (κ3) is 4.57. The highest BCUT2D eigenvalue weighted by Crippen LogP contribution is 2.14. The van der Waals surface area contributed by atoms with E-state index in [1.807, 2.05) is 56.3 Å². The van der Waals surface area contributed by atoms with Crippen LogP contribution in [-0.4, -0.2) is 46.7 Å². The Labute approximate surface area is 165 Å². The van der Waals surface area contributed by atoms with Gasteiger partial charge in [0.05, 0.1) is 0 Å². The van der Waals surface area contributed by atoms with Crippen LogP contribution in [0, 0.1) is 0 Å². The van der Waals surface area contributed by atoms with Gasteiger partial charge in [-0.1, -0.05) is 42.5 Å². The molecule has 28 heavy (non-hydrogen) atoms. The molecule has 146 valence electrons. The third-order valence-corrected chi connectivity index (χ3v) is 4.85. The van der Waals surface area contributed by atoms with E-state index in [1.54, 1.807) is 21.9 Å². The van der Waals surface area contributed by atoms with Crippen molar-refractivity contribution in [3.05, 3.63) is 71.3 Å². The van der Waals surface area contributed by atoms with Crippen molar-refractivity contribution in [2.45, 2.75) is 33.0 Å². The second-order valence-electron chi connectivity index (χ2n) is 7.18. The lowest BCUT2D eigenvalue weighted by Gasteiger charge is -2.36. The second kappa shape index (κ2) is 8.69. The minimum absolute atomic E-state index is 0.0206. The van der Waals surface area contributed by atoms with E-state index in [0.29, 0.717) is 31.7 Å². The average Bonchev–Trinajstić information content (AvgIpc) is 2.71. The number of benzene rings is 2. The first-order valence-electron chi connectivity index (χ1n) is 9.46. The van der Waals surface area contributed by atoms with E-state index in [9.17, 15) is 14.4 Å². The zero-order chi connectivity index (χ0) is 20.1. The van der Waals surface area contributed by atoms with Gasteiger partial charge in [-0.05, 0) is 37.1 Å². The summed E-state index contributed by atoms with van der Waals surface area (Å²) in [5.74, 6) is -1.06. The Morgan fingerprint density at radius 3 is 2.25 bits per heavy atom. The van der Waals surface area contributed by atoms with Crippen molar-refractivity contribution in [1.82, 2.24) is 15.1 Å². The average molecular weight is 379 g/mol. The number of hydrogen-bond acceptors (Lipinski definition) is 3. The van der Waals surface area contributed by atoms with Crippen LogP contribution in [0.2, 0.25) is 0 Å². The number of piperazine rings is 1. The van der Waals surface area contributed by atoms with Crippen LogP contribution in [0.3, 0.4) is 0 Å². The third-order valence-electron chi connectivity index (χ3n) is 4.85. The highest BCUT2D eigenvalue weighted by molar-refractivity contribution is 6.35. The van der Waals surface area contributed by atoms with E-state index in [4.69, 9.17) is 0 Å². The number of nitrogens with zero attached hydrogens (tertiary/aromatic N) is 2. The normalized spacial score (nSPS) is 14.5. The largest absolute Gasteiger partial charge is 0.348 e. The van der Waals surface area contributed by atoms with Crippen molar-refractivity contribution in [2.75, 3.05) is 13.1 Å². The molecule has 0 atom stereocenters. The van der Waals surface area contributed by atoms with E-state index in [2.05, 4.69) is 5.32 Å². The SMILES string of the molecule is CC(C)N1CCN(Cc2ccc(C(=O)NCc3ccccc3)cc2)C(=O)C1=O. The molecule has 1 N–H and O–H groups in total. The zero-order valence-corrected chi connectivity index (χ0v) is 16.2. The molecule has 2 aromatic carbocycles. The minimum Gasteiger partial charge on any atom is -0.348 e. The Kier molecular flexibility index (Phi) is 6.09. The predicted molar refractivity (Wildman–Crippen MR) is 106 cm³/mol. The minimum atomic E-state index is -0.468. The molecule has 0 spiro atoms. The van der Waals surface area contributed by atoms with Crippen molar-refractivity contribution in [2.24, 2.45) is 0 Å². The van der Waals surface area contributed by atoms with Gasteiger partial charge in [0.25, 0.3) is 5.91 Å². The van der Waals surface area contributed by atoms with Gasteiger partial charge in [0.15, 0.2) is 0 Å². The molecule has 0 unspecified atom stereocenters. The lowest BCUT2D eigenvalue weighted by molar-refractivity contribution is -0.157. The summed E-state index contributed by atoms with van der Waals surface area (Å²) in [5.41, 5.74) is 2.49. The summed E-state index contributed by atoms with van der Waals surface area (Å²) in [7, 11) is 0. The summed E-state index contributed by atoms with van der Waals surface area (Å²) >= 11 is 0. The summed E-state index contributed by atoms with van der Waals surface area (Å²) in [6.07, 6.45) is 0. The molecule has 1 aliphatic rings. The molecule has 1 saturated heterocycles. The molecule has 0 bridgehead atoms.